The number of nitrogens with zero attached hydrogens (tertiary/aromatic N) is 1. The number of aliphatic imine (C=N–C) groups is 1. The Morgan fingerprint density at radius 3 is 2.70 bits per heavy atom. The summed E-state index contributed by atoms with van der Waals surface area (Å²) in [6, 6.07) is 9.71. The van der Waals surface area contributed by atoms with Gasteiger partial charge in [-0.05, 0) is 24.8 Å². The molecule has 1 aromatic rings. The highest BCUT2D eigenvalue weighted by atomic mass is 32.2. The van der Waals surface area contributed by atoms with Gasteiger partial charge in [-0.25, -0.2) is 0 Å². The van der Waals surface area contributed by atoms with Gasteiger partial charge in [0.25, 0.3) is 0 Å². The van der Waals surface area contributed by atoms with Crippen LogP contribution in [0.5, 0.6) is 0 Å². The molecule has 1 N–H and O–H groups in total. The Labute approximate surface area is 198 Å². The van der Waals surface area contributed by atoms with E-state index in [1.165, 1.54) is 18.2 Å². The zero-order chi connectivity index (χ0) is 22.8. The quantitative estimate of drug-likeness (QED) is 0.664. The fraction of sp³-hybridized carbons (Fsp3) is 0.538. The molecule has 2 heterocycles. The van der Waals surface area contributed by atoms with Crippen LogP contribution >= 0.6 is 11.8 Å². The van der Waals surface area contributed by atoms with Crippen molar-refractivity contribution < 1.29 is 19.1 Å². The Morgan fingerprint density at radius 1 is 1.12 bits per heavy atom. The van der Waals surface area contributed by atoms with Crippen molar-refractivity contribution >= 4 is 35.1 Å². The fourth-order valence-electron chi connectivity index (χ4n) is 5.75. The monoisotopic (exact) mass is 466 g/mol. The second-order valence-electron chi connectivity index (χ2n) is 9.55. The molecule has 5 rings (SSSR count). The molecule has 1 aromatic carbocycles. The third-order valence-electron chi connectivity index (χ3n) is 7.41. The van der Waals surface area contributed by atoms with Crippen molar-refractivity contribution in [2.75, 3.05) is 0 Å². The second kappa shape index (κ2) is 9.45. The summed E-state index contributed by atoms with van der Waals surface area (Å²) in [5.74, 6) is -1.12. The maximum atomic E-state index is 13.6. The van der Waals surface area contributed by atoms with E-state index in [2.05, 4.69) is 10.3 Å². The molecule has 7 heteroatoms. The maximum absolute atomic E-state index is 13.6. The molecule has 6 nitrogen and oxygen atoms in total. The van der Waals surface area contributed by atoms with Crippen LogP contribution in [0.15, 0.2) is 47.6 Å². The molecule has 1 saturated heterocycles. The van der Waals surface area contributed by atoms with E-state index in [0.29, 0.717) is 19.3 Å². The van der Waals surface area contributed by atoms with Crippen molar-refractivity contribution in [3.05, 3.63) is 48.2 Å². The van der Waals surface area contributed by atoms with E-state index in [0.717, 1.165) is 37.0 Å². The van der Waals surface area contributed by atoms with E-state index < -0.39 is 15.9 Å². The first-order valence-electron chi connectivity index (χ1n) is 12.0. The van der Waals surface area contributed by atoms with Crippen molar-refractivity contribution in [2.45, 2.75) is 74.0 Å². The second-order valence-corrected chi connectivity index (χ2v) is 11.0. The molecular formula is C26H30N2O4S. The lowest BCUT2D eigenvalue weighted by Gasteiger charge is -2.40. The van der Waals surface area contributed by atoms with Crippen LogP contribution in [0.4, 0.5) is 0 Å². The van der Waals surface area contributed by atoms with Crippen molar-refractivity contribution in [3.63, 3.8) is 0 Å². The first-order valence-corrected chi connectivity index (χ1v) is 12.9. The largest absolute Gasteiger partial charge is 0.460 e. The summed E-state index contributed by atoms with van der Waals surface area (Å²) < 4.78 is 5.09. The Balaban J connectivity index is 1.41. The number of carbonyl (C=O) groups excluding carboxylic acids is 3. The third-order valence-corrected chi connectivity index (χ3v) is 9.22. The van der Waals surface area contributed by atoms with Gasteiger partial charge in [0.15, 0.2) is 0 Å². The number of rotatable bonds is 5. The first kappa shape index (κ1) is 22.4. The van der Waals surface area contributed by atoms with Crippen molar-refractivity contribution in [1.82, 2.24) is 5.32 Å². The van der Waals surface area contributed by atoms with Crippen LogP contribution in [-0.4, -0.2) is 39.4 Å². The lowest BCUT2D eigenvalue weighted by Crippen LogP contribution is -2.50. The van der Waals surface area contributed by atoms with Crippen LogP contribution in [0, 0.1) is 11.8 Å². The SMILES string of the molecule is O=C1CCC2=NC=CC3C(C(=O)NC4CCCCC4)C(C(=O)OCc4ccccc4)SC23C1. The highest BCUT2D eigenvalue weighted by Gasteiger charge is 2.62. The van der Waals surface area contributed by atoms with Crippen LogP contribution < -0.4 is 5.32 Å². The molecule has 1 amide bonds. The van der Waals surface area contributed by atoms with Gasteiger partial charge in [0.2, 0.25) is 5.91 Å². The summed E-state index contributed by atoms with van der Waals surface area (Å²) in [6.45, 7) is 0.168. The lowest BCUT2D eigenvalue weighted by molar-refractivity contribution is -0.147. The number of carbonyl (C=O) groups is 3. The van der Waals surface area contributed by atoms with E-state index >= 15 is 0 Å². The topological polar surface area (TPSA) is 84.8 Å². The molecule has 4 unspecified atom stereocenters. The molecule has 1 spiro atoms. The number of allylic oxidation sites excluding steroid dienone is 1. The lowest BCUT2D eigenvalue weighted by atomic mass is 9.70. The highest BCUT2D eigenvalue weighted by Crippen LogP contribution is 2.58. The molecule has 4 atom stereocenters. The summed E-state index contributed by atoms with van der Waals surface area (Å²) in [4.78, 5) is 44.1. The van der Waals surface area contributed by atoms with Crippen LogP contribution in [0.1, 0.15) is 56.9 Å². The zero-order valence-electron chi connectivity index (χ0n) is 18.7. The summed E-state index contributed by atoms with van der Waals surface area (Å²) >= 11 is 1.43. The molecule has 2 saturated carbocycles. The van der Waals surface area contributed by atoms with Crippen LogP contribution in [0.2, 0.25) is 0 Å². The van der Waals surface area contributed by atoms with Crippen LogP contribution in [0.3, 0.4) is 0 Å². The van der Waals surface area contributed by atoms with Gasteiger partial charge in [0.05, 0.1) is 10.7 Å². The number of benzene rings is 1. The molecular weight excluding hydrogens is 436 g/mol. The number of esters is 1. The van der Waals surface area contributed by atoms with E-state index in [1.807, 2.05) is 36.4 Å². The molecule has 0 aromatic heterocycles. The number of amides is 1. The van der Waals surface area contributed by atoms with Gasteiger partial charge >= 0.3 is 5.97 Å². The van der Waals surface area contributed by atoms with Gasteiger partial charge in [-0.15, -0.1) is 11.8 Å². The molecule has 0 bridgehead atoms. The first-order chi connectivity index (χ1) is 16.1. The molecule has 33 heavy (non-hydrogen) atoms. The molecule has 0 radical (unpaired) electrons. The normalized spacial score (nSPS) is 31.3. The highest BCUT2D eigenvalue weighted by molar-refractivity contribution is 8.03. The number of hydrogen-bond donors (Lipinski definition) is 1. The number of ether oxygens (including phenoxy) is 1. The van der Waals surface area contributed by atoms with Crippen molar-refractivity contribution in [2.24, 2.45) is 16.8 Å². The summed E-state index contributed by atoms with van der Waals surface area (Å²) in [5, 5.41) is 2.57. The van der Waals surface area contributed by atoms with E-state index in [4.69, 9.17) is 4.74 Å². The van der Waals surface area contributed by atoms with E-state index in [1.54, 1.807) is 6.20 Å². The average molecular weight is 467 g/mol. The standard InChI is InChI=1S/C26H30N2O4S/c29-19-11-12-21-26(15-19)20(13-14-27-21)22(24(30)28-18-9-5-2-6-10-18)23(33-26)25(31)32-16-17-7-3-1-4-8-17/h1,3-4,7-8,13-14,18,20,22-23H,2,5-6,9-12,15-16H2,(H,28,30). The van der Waals surface area contributed by atoms with Crippen molar-refractivity contribution in [1.29, 1.82) is 0 Å². The van der Waals surface area contributed by atoms with Crippen LogP contribution in [0.25, 0.3) is 0 Å². The minimum absolute atomic E-state index is 0.0955. The summed E-state index contributed by atoms with van der Waals surface area (Å²) in [7, 11) is 0. The van der Waals surface area contributed by atoms with Gasteiger partial charge in [-0.1, -0.05) is 55.7 Å². The number of ketones is 1. The minimum atomic E-state index is -0.666. The molecule has 2 aliphatic heterocycles. The van der Waals surface area contributed by atoms with Gasteiger partial charge in [-0.3, -0.25) is 19.4 Å². The molecule has 2 aliphatic carbocycles. The number of thioether (sulfide) groups is 1. The number of nitrogens with one attached hydrogen (secondary N) is 1. The third kappa shape index (κ3) is 4.39. The van der Waals surface area contributed by atoms with Gasteiger partial charge < -0.3 is 10.1 Å². The maximum Gasteiger partial charge on any atom is 0.320 e. The Hall–Kier alpha value is -2.41. The van der Waals surface area contributed by atoms with E-state index in [9.17, 15) is 14.4 Å². The number of hydrogen-bond acceptors (Lipinski definition) is 6. The smallest absolute Gasteiger partial charge is 0.320 e. The van der Waals surface area contributed by atoms with Gasteiger partial charge in [-0.2, -0.15) is 0 Å². The molecule has 4 aliphatic rings. The predicted molar refractivity (Wildman–Crippen MR) is 128 cm³/mol. The van der Waals surface area contributed by atoms with Crippen molar-refractivity contribution in [3.8, 4) is 0 Å². The average Bonchev–Trinajstić information content (AvgIpc) is 3.17. The zero-order valence-corrected chi connectivity index (χ0v) is 19.5. The fourth-order valence-corrected chi connectivity index (χ4v) is 7.73. The molecule has 3 fully saturated rings. The Kier molecular flexibility index (Phi) is 6.41. The minimum Gasteiger partial charge on any atom is -0.460 e. The van der Waals surface area contributed by atoms with Crippen LogP contribution in [-0.2, 0) is 25.7 Å². The predicted octanol–water partition coefficient (Wildman–Crippen LogP) is 3.99. The van der Waals surface area contributed by atoms with Gasteiger partial charge in [0.1, 0.15) is 17.6 Å². The van der Waals surface area contributed by atoms with Gasteiger partial charge in [0, 0.05) is 36.7 Å². The summed E-state index contributed by atoms with van der Waals surface area (Å²) in [5.41, 5.74) is 1.84. The molecule has 174 valence electrons. The Morgan fingerprint density at radius 2 is 1.91 bits per heavy atom. The Bertz CT molecular complexity index is 985. The van der Waals surface area contributed by atoms with E-state index in [-0.39, 0.29) is 36.2 Å². The number of Topliss-reactive ketones (excluding diaryl/α,β-unsaturated/α-hetero) is 1. The summed E-state index contributed by atoms with van der Waals surface area (Å²) in [6.07, 6.45) is 10.5.